The van der Waals surface area contributed by atoms with Gasteiger partial charge in [-0.25, -0.2) is 4.79 Å². The molecule has 0 fully saturated rings. The topological polar surface area (TPSA) is 53.3 Å². The molecule has 1 aliphatic heterocycles. The van der Waals surface area contributed by atoms with E-state index in [-0.39, 0.29) is 0 Å². The van der Waals surface area contributed by atoms with Gasteiger partial charge in [-0.2, -0.15) is 5.26 Å². The van der Waals surface area contributed by atoms with Gasteiger partial charge in [0.15, 0.2) is 0 Å². The van der Waals surface area contributed by atoms with Crippen LogP contribution in [0.3, 0.4) is 0 Å². The second-order valence-corrected chi connectivity index (χ2v) is 2.22. The lowest BCUT2D eigenvalue weighted by Crippen LogP contribution is -2.27. The highest BCUT2D eigenvalue weighted by Crippen LogP contribution is 2.07. The lowest BCUT2D eigenvalue weighted by atomic mass is 10.2. The summed E-state index contributed by atoms with van der Waals surface area (Å²) in [6.07, 6.45) is 4.41. The van der Waals surface area contributed by atoms with Crippen LogP contribution in [-0.4, -0.2) is 24.6 Å². The Morgan fingerprint density at radius 1 is 1.83 bits per heavy atom. The van der Waals surface area contributed by atoms with Crippen molar-refractivity contribution in [1.29, 1.82) is 5.26 Å². The predicted octanol–water partition coefficient (Wildman–Crippen LogP) is 1.03. The predicted molar refractivity (Wildman–Crippen MR) is 41.9 cm³/mol. The largest absolute Gasteiger partial charge is 0.452 e. The number of allylic oxidation sites excluding steroid dienone is 2. The zero-order chi connectivity index (χ0) is 8.97. The molecule has 1 aliphatic rings. The summed E-state index contributed by atoms with van der Waals surface area (Å²) in [5.41, 5.74) is 0.451. The summed E-state index contributed by atoms with van der Waals surface area (Å²) in [4.78, 5) is 12.3. The standard InChI is InChI=1S/C8H8N2O2/c1-12-8(11)10-4-2-3-7(5-9)6-10/h2-3,6H,4H2,1H3. The third-order valence-corrected chi connectivity index (χ3v) is 1.43. The van der Waals surface area contributed by atoms with Crippen molar-refractivity contribution in [3.8, 4) is 6.07 Å². The van der Waals surface area contributed by atoms with Crippen LogP contribution >= 0.6 is 0 Å². The number of carbonyl (C=O) groups is 1. The van der Waals surface area contributed by atoms with E-state index in [0.717, 1.165) is 0 Å². The molecule has 0 aromatic carbocycles. The molecule has 4 heteroatoms. The molecule has 62 valence electrons. The van der Waals surface area contributed by atoms with E-state index in [1.54, 1.807) is 12.2 Å². The lowest BCUT2D eigenvalue weighted by molar-refractivity contribution is 0.143. The molecular formula is C8H8N2O2. The van der Waals surface area contributed by atoms with Gasteiger partial charge in [-0.3, -0.25) is 4.90 Å². The SMILES string of the molecule is COC(=O)N1C=C(C#N)C=CC1. The van der Waals surface area contributed by atoms with E-state index in [1.165, 1.54) is 18.2 Å². The second kappa shape index (κ2) is 3.58. The molecule has 0 aliphatic carbocycles. The molecule has 0 radical (unpaired) electrons. The van der Waals surface area contributed by atoms with Crippen LogP contribution in [0.2, 0.25) is 0 Å². The first-order valence-corrected chi connectivity index (χ1v) is 3.41. The Bertz CT molecular complexity index is 286. The second-order valence-electron chi connectivity index (χ2n) is 2.22. The molecule has 0 saturated heterocycles. The van der Waals surface area contributed by atoms with Gasteiger partial charge in [-0.1, -0.05) is 6.08 Å². The Morgan fingerprint density at radius 2 is 2.58 bits per heavy atom. The molecule has 0 saturated carbocycles. The highest BCUT2D eigenvalue weighted by Gasteiger charge is 2.12. The van der Waals surface area contributed by atoms with Crippen molar-refractivity contribution < 1.29 is 9.53 Å². The highest BCUT2D eigenvalue weighted by atomic mass is 16.5. The van der Waals surface area contributed by atoms with Crippen molar-refractivity contribution in [1.82, 2.24) is 4.90 Å². The molecule has 12 heavy (non-hydrogen) atoms. The Balaban J connectivity index is 2.73. The van der Waals surface area contributed by atoms with E-state index < -0.39 is 6.09 Å². The average Bonchev–Trinajstić information content (AvgIpc) is 2.17. The zero-order valence-corrected chi connectivity index (χ0v) is 6.65. The smallest absolute Gasteiger partial charge is 0.413 e. The third kappa shape index (κ3) is 1.64. The molecule has 1 rings (SSSR count). The van der Waals surface area contributed by atoms with Crippen LogP contribution in [0.4, 0.5) is 4.79 Å². The van der Waals surface area contributed by atoms with Crippen molar-refractivity contribution >= 4 is 6.09 Å². The first-order chi connectivity index (χ1) is 5.77. The number of nitrogens with zero attached hydrogens (tertiary/aromatic N) is 2. The minimum atomic E-state index is -0.452. The molecule has 0 spiro atoms. The van der Waals surface area contributed by atoms with Crippen molar-refractivity contribution in [3.05, 3.63) is 23.9 Å². The maximum atomic E-state index is 10.9. The lowest BCUT2D eigenvalue weighted by Gasteiger charge is -2.17. The number of hydrogen-bond acceptors (Lipinski definition) is 3. The molecule has 0 bridgehead atoms. The molecule has 0 aromatic heterocycles. The summed E-state index contributed by atoms with van der Waals surface area (Å²) < 4.78 is 4.48. The Hall–Kier alpha value is -1.76. The van der Waals surface area contributed by atoms with E-state index in [4.69, 9.17) is 5.26 Å². The van der Waals surface area contributed by atoms with Gasteiger partial charge >= 0.3 is 6.09 Å². The Labute approximate surface area is 70.3 Å². The fraction of sp³-hybridized carbons (Fsp3) is 0.250. The molecule has 1 heterocycles. The molecule has 0 atom stereocenters. The van der Waals surface area contributed by atoms with E-state index in [0.29, 0.717) is 12.1 Å². The fourth-order valence-electron chi connectivity index (χ4n) is 0.867. The normalized spacial score (nSPS) is 15.0. The number of nitriles is 1. The van der Waals surface area contributed by atoms with Gasteiger partial charge in [-0.05, 0) is 6.08 Å². The minimum Gasteiger partial charge on any atom is -0.452 e. The summed E-state index contributed by atoms with van der Waals surface area (Å²) in [5.74, 6) is 0. The summed E-state index contributed by atoms with van der Waals surface area (Å²) >= 11 is 0. The van der Waals surface area contributed by atoms with E-state index in [1.807, 2.05) is 6.07 Å². The molecule has 1 amide bonds. The van der Waals surface area contributed by atoms with Gasteiger partial charge < -0.3 is 4.74 Å². The van der Waals surface area contributed by atoms with Gasteiger partial charge in [0, 0.05) is 12.7 Å². The van der Waals surface area contributed by atoms with Crippen molar-refractivity contribution in [3.63, 3.8) is 0 Å². The number of carbonyl (C=O) groups excluding carboxylic acids is 1. The third-order valence-electron chi connectivity index (χ3n) is 1.43. The van der Waals surface area contributed by atoms with E-state index >= 15 is 0 Å². The van der Waals surface area contributed by atoms with Crippen LogP contribution in [0.1, 0.15) is 0 Å². The molecular weight excluding hydrogens is 156 g/mol. The first-order valence-electron chi connectivity index (χ1n) is 3.41. The molecule has 0 N–H and O–H groups in total. The molecule has 4 nitrogen and oxygen atoms in total. The van der Waals surface area contributed by atoms with Crippen LogP contribution in [0, 0.1) is 11.3 Å². The van der Waals surface area contributed by atoms with E-state index in [2.05, 4.69) is 4.74 Å². The van der Waals surface area contributed by atoms with Crippen LogP contribution < -0.4 is 0 Å². The van der Waals surface area contributed by atoms with Crippen LogP contribution in [0.25, 0.3) is 0 Å². The van der Waals surface area contributed by atoms with E-state index in [9.17, 15) is 4.79 Å². The summed E-state index contributed by atoms with van der Waals surface area (Å²) in [7, 11) is 1.31. The first kappa shape index (κ1) is 8.34. The average molecular weight is 164 g/mol. The van der Waals surface area contributed by atoms with Gasteiger partial charge in [0.1, 0.15) is 6.07 Å². The summed E-state index contributed by atoms with van der Waals surface area (Å²) in [6, 6.07) is 1.94. The maximum Gasteiger partial charge on any atom is 0.413 e. The van der Waals surface area contributed by atoms with Crippen molar-refractivity contribution in [2.75, 3.05) is 13.7 Å². The number of rotatable bonds is 0. The Kier molecular flexibility index (Phi) is 2.49. The summed E-state index contributed by atoms with van der Waals surface area (Å²) in [5, 5.41) is 8.51. The monoisotopic (exact) mass is 164 g/mol. The van der Waals surface area contributed by atoms with Gasteiger partial charge in [-0.15, -0.1) is 0 Å². The molecule has 0 unspecified atom stereocenters. The van der Waals surface area contributed by atoms with Crippen LogP contribution in [0.15, 0.2) is 23.9 Å². The number of amides is 1. The maximum absolute atomic E-state index is 10.9. The van der Waals surface area contributed by atoms with Gasteiger partial charge in [0.25, 0.3) is 0 Å². The number of ether oxygens (including phenoxy) is 1. The van der Waals surface area contributed by atoms with Gasteiger partial charge in [0.05, 0.1) is 12.7 Å². The summed E-state index contributed by atoms with van der Waals surface area (Å²) in [6.45, 7) is 0.456. The minimum absolute atomic E-state index is 0.451. The van der Waals surface area contributed by atoms with Crippen LogP contribution in [0.5, 0.6) is 0 Å². The quantitative estimate of drug-likeness (QED) is 0.537. The zero-order valence-electron chi connectivity index (χ0n) is 6.65. The fourth-order valence-corrected chi connectivity index (χ4v) is 0.867. The number of methoxy groups -OCH3 is 1. The number of hydrogen-bond donors (Lipinski definition) is 0. The van der Waals surface area contributed by atoms with Gasteiger partial charge in [0.2, 0.25) is 0 Å². The van der Waals surface area contributed by atoms with Crippen molar-refractivity contribution in [2.45, 2.75) is 0 Å². The van der Waals surface area contributed by atoms with Crippen molar-refractivity contribution in [2.24, 2.45) is 0 Å². The Morgan fingerprint density at radius 3 is 3.17 bits per heavy atom. The molecule has 0 aromatic rings. The van der Waals surface area contributed by atoms with Crippen LogP contribution in [-0.2, 0) is 4.74 Å². The highest BCUT2D eigenvalue weighted by molar-refractivity contribution is 5.70.